The summed E-state index contributed by atoms with van der Waals surface area (Å²) in [6, 6.07) is 7.41. The van der Waals surface area contributed by atoms with Crippen LogP contribution in [-0.4, -0.2) is 37.1 Å². The summed E-state index contributed by atoms with van der Waals surface area (Å²) in [4.78, 5) is 15.4. The second-order valence-corrected chi connectivity index (χ2v) is 5.58. The van der Waals surface area contributed by atoms with E-state index < -0.39 is 29.2 Å². The molecule has 0 atom stereocenters. The average Bonchev–Trinajstić information content (AvgIpc) is 2.63. The predicted octanol–water partition coefficient (Wildman–Crippen LogP) is 3.60. The molecule has 3 rings (SSSR count). The number of carbonyl (C=O) groups excluding carboxylic acids is 1. The van der Waals surface area contributed by atoms with Crippen LogP contribution < -0.4 is 10.2 Å². The second-order valence-electron chi connectivity index (χ2n) is 5.58. The molecule has 1 aliphatic rings. The lowest BCUT2D eigenvalue weighted by Crippen LogP contribution is -2.50. The molecule has 1 N–H and O–H groups in total. The second kappa shape index (κ2) is 7.00. The fourth-order valence-corrected chi connectivity index (χ4v) is 2.68. The van der Waals surface area contributed by atoms with E-state index in [2.05, 4.69) is 5.32 Å². The van der Waals surface area contributed by atoms with Crippen molar-refractivity contribution < 1.29 is 22.4 Å². The van der Waals surface area contributed by atoms with Crippen LogP contribution in [0.15, 0.2) is 36.4 Å². The highest BCUT2D eigenvalue weighted by molar-refractivity contribution is 5.89. The quantitative estimate of drug-likeness (QED) is 0.662. The molecule has 8 heteroatoms. The topological polar surface area (TPSA) is 35.6 Å². The van der Waals surface area contributed by atoms with Crippen molar-refractivity contribution in [2.45, 2.75) is 0 Å². The molecule has 1 saturated heterocycles. The van der Waals surface area contributed by atoms with Gasteiger partial charge in [0.2, 0.25) is 0 Å². The number of halogens is 4. The highest BCUT2D eigenvalue weighted by Gasteiger charge is 2.24. The van der Waals surface area contributed by atoms with Crippen LogP contribution >= 0.6 is 0 Å². The van der Waals surface area contributed by atoms with Crippen molar-refractivity contribution in [3.8, 4) is 0 Å². The molecule has 132 valence electrons. The van der Waals surface area contributed by atoms with Crippen molar-refractivity contribution in [1.29, 1.82) is 0 Å². The summed E-state index contributed by atoms with van der Waals surface area (Å²) in [5, 5.41) is 2.23. The van der Waals surface area contributed by atoms with Gasteiger partial charge in [0.25, 0.3) is 0 Å². The minimum absolute atomic E-state index is 0.283. The molecule has 2 amide bonds. The van der Waals surface area contributed by atoms with Gasteiger partial charge in [-0.2, -0.15) is 0 Å². The number of piperazine rings is 1. The maximum absolute atomic E-state index is 13.8. The van der Waals surface area contributed by atoms with Crippen molar-refractivity contribution in [1.82, 2.24) is 4.90 Å². The Morgan fingerprint density at radius 1 is 0.840 bits per heavy atom. The normalized spacial score (nSPS) is 14.6. The Kier molecular flexibility index (Phi) is 4.78. The van der Waals surface area contributed by atoms with E-state index in [9.17, 15) is 22.4 Å². The zero-order valence-corrected chi connectivity index (χ0v) is 13.1. The molecule has 2 aromatic rings. The monoisotopic (exact) mass is 353 g/mol. The Labute approximate surface area is 141 Å². The highest BCUT2D eigenvalue weighted by Crippen LogP contribution is 2.22. The summed E-state index contributed by atoms with van der Waals surface area (Å²) >= 11 is 0. The lowest BCUT2D eigenvalue weighted by atomic mass is 10.2. The van der Waals surface area contributed by atoms with Gasteiger partial charge in [-0.3, -0.25) is 0 Å². The smallest absolute Gasteiger partial charge is 0.322 e. The molecule has 0 unspecified atom stereocenters. The SMILES string of the molecule is O=C(Nc1ccc(F)c(F)c1F)N1CCN(c2ccccc2F)CC1. The first-order valence-corrected chi connectivity index (χ1v) is 7.66. The predicted molar refractivity (Wildman–Crippen MR) is 85.5 cm³/mol. The number of hydrogen-bond acceptors (Lipinski definition) is 2. The number of amides is 2. The van der Waals surface area contributed by atoms with Crippen LogP contribution in [0.2, 0.25) is 0 Å². The van der Waals surface area contributed by atoms with Gasteiger partial charge in [-0.05, 0) is 24.3 Å². The molecule has 25 heavy (non-hydrogen) atoms. The number of rotatable bonds is 2. The molecule has 0 aromatic heterocycles. The van der Waals surface area contributed by atoms with E-state index in [1.165, 1.54) is 11.0 Å². The van der Waals surface area contributed by atoms with Crippen LogP contribution in [0.25, 0.3) is 0 Å². The van der Waals surface area contributed by atoms with E-state index >= 15 is 0 Å². The van der Waals surface area contributed by atoms with Crippen molar-refractivity contribution >= 4 is 17.4 Å². The zero-order valence-electron chi connectivity index (χ0n) is 13.1. The Hall–Kier alpha value is -2.77. The molecular formula is C17H15F4N3O. The summed E-state index contributed by atoms with van der Waals surface area (Å²) in [6.07, 6.45) is 0. The minimum Gasteiger partial charge on any atom is -0.366 e. The van der Waals surface area contributed by atoms with Crippen LogP contribution in [-0.2, 0) is 0 Å². The first-order chi connectivity index (χ1) is 12.0. The maximum atomic E-state index is 13.8. The lowest BCUT2D eigenvalue weighted by Gasteiger charge is -2.36. The lowest BCUT2D eigenvalue weighted by molar-refractivity contribution is 0.208. The highest BCUT2D eigenvalue weighted by atomic mass is 19.2. The van der Waals surface area contributed by atoms with E-state index in [4.69, 9.17) is 0 Å². The molecular weight excluding hydrogens is 338 g/mol. The molecule has 4 nitrogen and oxygen atoms in total. The first-order valence-electron chi connectivity index (χ1n) is 7.66. The third-order valence-electron chi connectivity index (χ3n) is 4.04. The number of urea groups is 1. The molecule has 1 fully saturated rings. The number of anilines is 2. The van der Waals surface area contributed by atoms with Crippen molar-refractivity contribution in [2.75, 3.05) is 36.4 Å². The Morgan fingerprint density at radius 2 is 1.52 bits per heavy atom. The van der Waals surface area contributed by atoms with Gasteiger partial charge >= 0.3 is 6.03 Å². The van der Waals surface area contributed by atoms with Gasteiger partial charge < -0.3 is 15.1 Å². The fraction of sp³-hybridized carbons (Fsp3) is 0.235. The summed E-state index contributed by atoms with van der Waals surface area (Å²) in [5.41, 5.74) is 0.0228. The Balaban J connectivity index is 1.62. The Morgan fingerprint density at radius 3 is 2.20 bits per heavy atom. The molecule has 0 bridgehead atoms. The molecule has 2 aromatic carbocycles. The number of benzene rings is 2. The van der Waals surface area contributed by atoms with Crippen LogP contribution in [0.4, 0.5) is 33.7 Å². The first kappa shape index (κ1) is 17.1. The van der Waals surface area contributed by atoms with Crippen LogP contribution in [0.3, 0.4) is 0 Å². The number of para-hydroxylation sites is 1. The molecule has 0 spiro atoms. The van der Waals surface area contributed by atoms with Crippen molar-refractivity contribution in [2.24, 2.45) is 0 Å². The third kappa shape index (κ3) is 3.52. The summed E-state index contributed by atoms with van der Waals surface area (Å²) in [5.74, 6) is -4.75. The van der Waals surface area contributed by atoms with Gasteiger partial charge in [0, 0.05) is 26.2 Å². The molecule has 0 radical (unpaired) electrons. The van der Waals surface area contributed by atoms with E-state index in [-0.39, 0.29) is 18.9 Å². The Bertz CT molecular complexity index is 791. The number of nitrogens with zero attached hydrogens (tertiary/aromatic N) is 2. The van der Waals surface area contributed by atoms with E-state index in [0.717, 1.165) is 12.1 Å². The van der Waals surface area contributed by atoms with Crippen LogP contribution in [0.1, 0.15) is 0 Å². The summed E-state index contributed by atoms with van der Waals surface area (Å²) in [6.45, 7) is 1.36. The van der Waals surface area contributed by atoms with Gasteiger partial charge in [-0.1, -0.05) is 12.1 Å². The summed E-state index contributed by atoms with van der Waals surface area (Å²) in [7, 11) is 0. The zero-order chi connectivity index (χ0) is 18.0. The van der Waals surface area contributed by atoms with Gasteiger partial charge in [-0.15, -0.1) is 0 Å². The summed E-state index contributed by atoms with van der Waals surface area (Å²) < 4.78 is 53.5. The van der Waals surface area contributed by atoms with Gasteiger partial charge in [0.15, 0.2) is 17.5 Å². The molecule has 1 aliphatic heterocycles. The standard InChI is InChI=1S/C17H15F4N3O/c18-11-3-1-2-4-14(11)23-7-9-24(10-8-23)17(25)22-13-6-5-12(19)15(20)16(13)21/h1-6H,7-10H2,(H,22,25). The fourth-order valence-electron chi connectivity index (χ4n) is 2.68. The van der Waals surface area contributed by atoms with Crippen LogP contribution in [0.5, 0.6) is 0 Å². The van der Waals surface area contributed by atoms with Gasteiger partial charge in [0.05, 0.1) is 11.4 Å². The minimum atomic E-state index is -1.64. The largest absolute Gasteiger partial charge is 0.366 e. The number of hydrogen-bond donors (Lipinski definition) is 1. The molecule has 0 aliphatic carbocycles. The van der Waals surface area contributed by atoms with Crippen molar-refractivity contribution in [3.05, 3.63) is 59.7 Å². The molecule has 1 heterocycles. The van der Waals surface area contributed by atoms with Gasteiger partial charge in [-0.25, -0.2) is 22.4 Å². The molecule has 0 saturated carbocycles. The van der Waals surface area contributed by atoms with E-state index in [1.807, 2.05) is 0 Å². The van der Waals surface area contributed by atoms with Gasteiger partial charge in [0.1, 0.15) is 5.82 Å². The van der Waals surface area contributed by atoms with Crippen molar-refractivity contribution in [3.63, 3.8) is 0 Å². The van der Waals surface area contributed by atoms with E-state index in [1.54, 1.807) is 23.1 Å². The van der Waals surface area contributed by atoms with Crippen LogP contribution in [0, 0.1) is 23.3 Å². The average molecular weight is 353 g/mol. The van der Waals surface area contributed by atoms with E-state index in [0.29, 0.717) is 18.8 Å². The third-order valence-corrected chi connectivity index (χ3v) is 4.04. The number of nitrogens with one attached hydrogen (secondary N) is 1. The maximum Gasteiger partial charge on any atom is 0.322 e. The number of carbonyl (C=O) groups is 1.